The number of carbonyl (C=O) groups excluding carboxylic acids is 2. The van der Waals surface area contributed by atoms with E-state index in [9.17, 15) is 19.1 Å². The van der Waals surface area contributed by atoms with Gasteiger partial charge in [-0.05, 0) is 111 Å². The molecule has 0 fully saturated rings. The van der Waals surface area contributed by atoms with Crippen LogP contribution in [0.3, 0.4) is 0 Å². The number of benzene rings is 2. The van der Waals surface area contributed by atoms with Crippen molar-refractivity contribution >= 4 is 22.9 Å². The van der Waals surface area contributed by atoms with Gasteiger partial charge in [-0.15, -0.1) is 0 Å². The fraction of sp³-hybridized carbons (Fsp3) is 0.300. The predicted molar refractivity (Wildman–Crippen MR) is 187 cm³/mol. The Kier molecular flexibility index (Phi) is 8.96. The summed E-state index contributed by atoms with van der Waals surface area (Å²) in [5.74, 6) is 1.46. The summed E-state index contributed by atoms with van der Waals surface area (Å²) >= 11 is 0. The molecule has 2 atom stereocenters. The van der Waals surface area contributed by atoms with Gasteiger partial charge in [0.15, 0.2) is 17.7 Å². The van der Waals surface area contributed by atoms with E-state index in [0.717, 1.165) is 56.2 Å². The van der Waals surface area contributed by atoms with Gasteiger partial charge in [-0.2, -0.15) is 0 Å². The zero-order valence-corrected chi connectivity index (χ0v) is 28.6. The largest absolute Gasteiger partial charge is 0.490 e. The Morgan fingerprint density at radius 1 is 0.720 bits per heavy atom. The number of alkyl halides is 1. The second-order valence-electron chi connectivity index (χ2n) is 13.2. The topological polar surface area (TPSA) is 107 Å². The molecule has 0 radical (unpaired) electrons. The standard InChI is InChI=1S/C20H19FN2O2.C20H20N2O3/c1-12-7-8-23-19(9-12)22-13(2)20(23)17(24)5-3-14-4-6-18-15(10-14)16(21)11-25-18;1-12-7-8-22-19(9-12)21-13(2)20(22)16(23)5-3-14-4-6-18-15(10-14)17(24)11-25-18/h4,6-10,16H,3,5,11H2,1-2H3;4,6-10,17,24H,3,5,11H2,1-2H3. The first-order valence-corrected chi connectivity index (χ1v) is 16.9. The van der Waals surface area contributed by atoms with Crippen molar-refractivity contribution < 1.29 is 28.6 Å². The zero-order valence-electron chi connectivity index (χ0n) is 28.6. The lowest BCUT2D eigenvalue weighted by molar-refractivity contribution is 0.0968. The molecule has 0 amide bonds. The number of ketones is 2. The van der Waals surface area contributed by atoms with Gasteiger partial charge in [-0.1, -0.05) is 12.1 Å². The summed E-state index contributed by atoms with van der Waals surface area (Å²) in [5, 5.41) is 9.91. The molecule has 8 rings (SSSR count). The molecule has 0 aliphatic carbocycles. The molecular formula is C40H39FN4O5. The number of hydrogen-bond acceptors (Lipinski definition) is 7. The highest BCUT2D eigenvalue weighted by Crippen LogP contribution is 2.36. The Labute approximate surface area is 289 Å². The number of aryl methyl sites for hydroxylation is 6. The highest BCUT2D eigenvalue weighted by atomic mass is 19.1. The van der Waals surface area contributed by atoms with E-state index in [0.29, 0.717) is 55.0 Å². The molecule has 1 N–H and O–H groups in total. The average molecular weight is 675 g/mol. The number of nitrogens with zero attached hydrogens (tertiary/aromatic N) is 4. The minimum Gasteiger partial charge on any atom is -0.490 e. The lowest BCUT2D eigenvalue weighted by atomic mass is 10.0. The molecule has 6 heterocycles. The molecule has 0 saturated carbocycles. The normalized spacial score (nSPS) is 16.0. The van der Waals surface area contributed by atoms with Crippen molar-refractivity contribution in [3.05, 3.63) is 129 Å². The van der Waals surface area contributed by atoms with Gasteiger partial charge in [0.2, 0.25) is 0 Å². The number of rotatable bonds is 8. The predicted octanol–water partition coefficient (Wildman–Crippen LogP) is 7.36. The number of aliphatic hydroxyl groups is 1. The second kappa shape index (κ2) is 13.5. The first-order valence-electron chi connectivity index (χ1n) is 16.9. The maximum Gasteiger partial charge on any atom is 0.181 e. The minimum absolute atomic E-state index is 0.0439. The first kappa shape index (κ1) is 33.2. The van der Waals surface area contributed by atoms with Crippen molar-refractivity contribution in [3.8, 4) is 11.5 Å². The van der Waals surface area contributed by atoms with Gasteiger partial charge in [0.1, 0.15) is 53.5 Å². The van der Waals surface area contributed by atoms with E-state index in [1.54, 1.807) is 6.07 Å². The van der Waals surface area contributed by atoms with Gasteiger partial charge in [-0.25, -0.2) is 14.4 Å². The molecule has 4 aromatic heterocycles. The molecule has 10 heteroatoms. The van der Waals surface area contributed by atoms with Crippen LogP contribution in [0, 0.1) is 27.7 Å². The third kappa shape index (κ3) is 6.50. The molecule has 0 spiro atoms. The van der Waals surface area contributed by atoms with Crippen LogP contribution in [0.1, 0.15) is 90.9 Å². The van der Waals surface area contributed by atoms with Crippen molar-refractivity contribution in [1.82, 2.24) is 18.8 Å². The maximum atomic E-state index is 13.8. The fourth-order valence-corrected chi connectivity index (χ4v) is 6.74. The summed E-state index contributed by atoms with van der Waals surface area (Å²) in [4.78, 5) is 34.5. The van der Waals surface area contributed by atoms with Crippen LogP contribution in [-0.2, 0) is 12.8 Å². The molecule has 6 aromatic rings. The average Bonchev–Trinajstić information content (AvgIpc) is 3.84. The van der Waals surface area contributed by atoms with Crippen LogP contribution in [0.2, 0.25) is 0 Å². The Bertz CT molecular complexity index is 2110. The fourth-order valence-electron chi connectivity index (χ4n) is 6.74. The van der Waals surface area contributed by atoms with E-state index >= 15 is 0 Å². The van der Waals surface area contributed by atoms with Gasteiger partial charge in [0, 0.05) is 36.4 Å². The van der Waals surface area contributed by atoms with E-state index in [1.807, 2.05) is 103 Å². The first-order chi connectivity index (χ1) is 24.0. The zero-order chi connectivity index (χ0) is 35.1. The van der Waals surface area contributed by atoms with Crippen molar-refractivity contribution in [1.29, 1.82) is 0 Å². The van der Waals surface area contributed by atoms with Gasteiger partial charge < -0.3 is 14.6 Å². The number of Topliss-reactive ketones (excluding diaryl/α,β-unsaturated/α-hetero) is 2. The van der Waals surface area contributed by atoms with Crippen LogP contribution in [0.5, 0.6) is 11.5 Å². The summed E-state index contributed by atoms with van der Waals surface area (Å²) in [6.07, 6.45) is 4.09. The summed E-state index contributed by atoms with van der Waals surface area (Å²) in [6.45, 7) is 8.13. The molecule has 2 unspecified atom stereocenters. The summed E-state index contributed by atoms with van der Waals surface area (Å²) in [7, 11) is 0. The highest BCUT2D eigenvalue weighted by Gasteiger charge is 2.25. The van der Waals surface area contributed by atoms with Crippen LogP contribution < -0.4 is 9.47 Å². The monoisotopic (exact) mass is 674 g/mol. The molecule has 0 saturated heterocycles. The van der Waals surface area contributed by atoms with Crippen LogP contribution in [-0.4, -0.2) is 48.7 Å². The van der Waals surface area contributed by atoms with Crippen molar-refractivity contribution in [2.75, 3.05) is 13.2 Å². The van der Waals surface area contributed by atoms with Crippen LogP contribution in [0.25, 0.3) is 11.3 Å². The lowest BCUT2D eigenvalue weighted by Gasteiger charge is -2.06. The Hall–Kier alpha value is -5.35. The van der Waals surface area contributed by atoms with Gasteiger partial charge in [0.25, 0.3) is 0 Å². The van der Waals surface area contributed by atoms with Crippen molar-refractivity contribution in [3.63, 3.8) is 0 Å². The van der Waals surface area contributed by atoms with Crippen LogP contribution in [0.15, 0.2) is 73.1 Å². The van der Waals surface area contributed by atoms with Gasteiger partial charge in [0.05, 0.1) is 11.4 Å². The van der Waals surface area contributed by atoms with Gasteiger partial charge >= 0.3 is 0 Å². The Balaban J connectivity index is 0.000000157. The number of imidazole rings is 2. The highest BCUT2D eigenvalue weighted by molar-refractivity contribution is 5.97. The Morgan fingerprint density at radius 2 is 1.20 bits per heavy atom. The van der Waals surface area contributed by atoms with E-state index in [-0.39, 0.29) is 18.2 Å². The quantitative estimate of drug-likeness (QED) is 0.168. The summed E-state index contributed by atoms with van der Waals surface area (Å²) < 4.78 is 28.2. The molecule has 50 heavy (non-hydrogen) atoms. The second-order valence-corrected chi connectivity index (χ2v) is 13.2. The van der Waals surface area contributed by atoms with Crippen LogP contribution >= 0.6 is 0 Å². The SMILES string of the molecule is Cc1ccn2c(C(=O)CCc3ccc4c(c3)C(F)CO4)c(C)nc2c1.Cc1ccn2c(C(=O)CCc3ccc4c(c3)C(O)CO4)c(C)nc2c1. The number of aromatic nitrogens is 4. The molecule has 2 aliphatic rings. The lowest BCUT2D eigenvalue weighted by Crippen LogP contribution is -2.07. The van der Waals surface area contributed by atoms with E-state index < -0.39 is 12.3 Å². The number of carbonyl (C=O) groups is 2. The number of halogens is 1. The molecule has 0 bridgehead atoms. The third-order valence-corrected chi connectivity index (χ3v) is 9.35. The number of pyridine rings is 2. The molecule has 256 valence electrons. The van der Waals surface area contributed by atoms with Crippen LogP contribution in [0.4, 0.5) is 4.39 Å². The number of aliphatic hydroxyl groups excluding tert-OH is 1. The Morgan fingerprint density at radius 3 is 1.74 bits per heavy atom. The number of fused-ring (bicyclic) bond motifs is 4. The van der Waals surface area contributed by atoms with E-state index in [1.165, 1.54) is 0 Å². The van der Waals surface area contributed by atoms with Crippen molar-refractivity contribution in [2.45, 2.75) is 65.7 Å². The third-order valence-electron chi connectivity index (χ3n) is 9.35. The van der Waals surface area contributed by atoms with Crippen molar-refractivity contribution in [2.24, 2.45) is 0 Å². The van der Waals surface area contributed by atoms with E-state index in [2.05, 4.69) is 9.97 Å². The van der Waals surface area contributed by atoms with Gasteiger partial charge in [-0.3, -0.25) is 18.4 Å². The van der Waals surface area contributed by atoms with E-state index in [4.69, 9.17) is 9.47 Å². The minimum atomic E-state index is -1.07. The molecule has 2 aromatic carbocycles. The summed E-state index contributed by atoms with van der Waals surface area (Å²) in [6, 6.07) is 19.1. The maximum absolute atomic E-state index is 13.8. The smallest absolute Gasteiger partial charge is 0.181 e. The molecule has 9 nitrogen and oxygen atoms in total. The summed E-state index contributed by atoms with van der Waals surface area (Å²) in [5.41, 5.74) is 9.97. The number of hydrogen-bond donors (Lipinski definition) is 1. The molecule has 2 aliphatic heterocycles. The number of ether oxygens (including phenoxy) is 2. The molecular weight excluding hydrogens is 635 g/mol.